The van der Waals surface area contributed by atoms with Crippen LogP contribution in [0.3, 0.4) is 0 Å². The van der Waals surface area contributed by atoms with E-state index in [1.807, 2.05) is 11.4 Å². The van der Waals surface area contributed by atoms with Crippen LogP contribution in [-0.4, -0.2) is 12.5 Å². The van der Waals surface area contributed by atoms with Crippen LogP contribution in [0.15, 0.2) is 23.6 Å². The second-order valence-corrected chi connectivity index (χ2v) is 6.83. The first-order valence-corrected chi connectivity index (χ1v) is 8.95. The fourth-order valence-corrected chi connectivity index (χ4v) is 3.16. The summed E-state index contributed by atoms with van der Waals surface area (Å²) >= 11 is 1.47. The minimum Gasteiger partial charge on any atom is -0.489 e. The molecule has 0 aliphatic rings. The molecule has 0 spiro atoms. The van der Waals surface area contributed by atoms with Gasteiger partial charge in [-0.05, 0) is 61.4 Å². The predicted octanol–water partition coefficient (Wildman–Crippen LogP) is 4.78. The summed E-state index contributed by atoms with van der Waals surface area (Å²) < 4.78 is 5.95. The number of amides is 1. The topological polar surface area (TPSA) is 38.3 Å². The maximum atomic E-state index is 12.0. The summed E-state index contributed by atoms with van der Waals surface area (Å²) in [4.78, 5) is 12.8. The van der Waals surface area contributed by atoms with Crippen LogP contribution in [0.5, 0.6) is 5.75 Å². The van der Waals surface area contributed by atoms with Gasteiger partial charge in [-0.25, -0.2) is 0 Å². The zero-order valence-corrected chi connectivity index (χ0v) is 15.2. The Balaban J connectivity index is 1.96. The van der Waals surface area contributed by atoms with Crippen molar-refractivity contribution in [3.8, 4) is 5.75 Å². The van der Waals surface area contributed by atoms with Crippen LogP contribution >= 0.6 is 11.3 Å². The van der Waals surface area contributed by atoms with Crippen LogP contribution in [0.2, 0.25) is 0 Å². The number of aryl methyl sites for hydroxylation is 2. The van der Waals surface area contributed by atoms with E-state index in [0.29, 0.717) is 6.61 Å². The molecule has 3 nitrogen and oxygen atoms in total. The summed E-state index contributed by atoms with van der Waals surface area (Å²) in [6, 6.07) is 6.14. The van der Waals surface area contributed by atoms with Crippen molar-refractivity contribution in [1.82, 2.24) is 5.32 Å². The second kappa shape index (κ2) is 8.16. The number of carbonyl (C=O) groups excluding carboxylic acids is 1. The lowest BCUT2D eigenvalue weighted by atomic mass is 10.1. The van der Waals surface area contributed by atoms with Gasteiger partial charge >= 0.3 is 0 Å². The number of ether oxygens (including phenoxy) is 1. The first kappa shape index (κ1) is 17.5. The van der Waals surface area contributed by atoms with E-state index in [1.165, 1.54) is 28.0 Å². The third-order valence-corrected chi connectivity index (χ3v) is 4.83. The minimum atomic E-state index is 0.0114. The largest absolute Gasteiger partial charge is 0.489 e. The van der Waals surface area contributed by atoms with Crippen LogP contribution in [0.25, 0.3) is 0 Å². The number of rotatable bonds is 7. The SMILES string of the molecule is CCCCNC(=O)c1cc(COc2cc(C)cc(C)c2C)cs1. The molecule has 0 aliphatic heterocycles. The van der Waals surface area contributed by atoms with Crippen molar-refractivity contribution < 1.29 is 9.53 Å². The summed E-state index contributed by atoms with van der Waals surface area (Å²) in [5, 5.41) is 4.93. The first-order chi connectivity index (χ1) is 11.0. The first-order valence-electron chi connectivity index (χ1n) is 8.07. The Bertz CT molecular complexity index is 676. The molecule has 1 heterocycles. The molecule has 1 amide bonds. The van der Waals surface area contributed by atoms with Gasteiger partial charge in [0, 0.05) is 12.1 Å². The molecule has 0 bridgehead atoms. The second-order valence-electron chi connectivity index (χ2n) is 5.92. The van der Waals surface area contributed by atoms with E-state index in [4.69, 9.17) is 4.74 Å². The highest BCUT2D eigenvalue weighted by Gasteiger charge is 2.10. The monoisotopic (exact) mass is 331 g/mol. The van der Waals surface area contributed by atoms with Gasteiger partial charge in [0.15, 0.2) is 0 Å². The van der Waals surface area contributed by atoms with Gasteiger partial charge in [-0.15, -0.1) is 11.3 Å². The van der Waals surface area contributed by atoms with Gasteiger partial charge in [-0.2, -0.15) is 0 Å². The molecule has 0 atom stereocenters. The van der Waals surface area contributed by atoms with Gasteiger partial charge in [-0.3, -0.25) is 4.79 Å². The summed E-state index contributed by atoms with van der Waals surface area (Å²) in [6.45, 7) is 9.58. The number of thiophene rings is 1. The summed E-state index contributed by atoms with van der Waals surface area (Å²) in [6.07, 6.45) is 2.10. The number of nitrogens with one attached hydrogen (secondary N) is 1. The van der Waals surface area contributed by atoms with Crippen molar-refractivity contribution in [2.75, 3.05) is 6.54 Å². The molecule has 1 aromatic heterocycles. The quantitative estimate of drug-likeness (QED) is 0.741. The predicted molar refractivity (Wildman–Crippen MR) is 96.5 cm³/mol. The molecule has 0 fully saturated rings. The molecule has 23 heavy (non-hydrogen) atoms. The molecule has 2 rings (SSSR count). The highest BCUT2D eigenvalue weighted by Crippen LogP contribution is 2.25. The zero-order valence-electron chi connectivity index (χ0n) is 14.4. The Labute approximate surface area is 142 Å². The van der Waals surface area contributed by atoms with E-state index in [2.05, 4.69) is 45.1 Å². The Kier molecular flexibility index (Phi) is 6.22. The lowest BCUT2D eigenvalue weighted by Crippen LogP contribution is -2.23. The van der Waals surface area contributed by atoms with Crippen molar-refractivity contribution in [3.63, 3.8) is 0 Å². The number of hydrogen-bond acceptors (Lipinski definition) is 3. The van der Waals surface area contributed by atoms with Crippen molar-refractivity contribution in [2.45, 2.75) is 47.1 Å². The number of hydrogen-bond donors (Lipinski definition) is 1. The van der Waals surface area contributed by atoms with E-state index in [9.17, 15) is 4.79 Å². The smallest absolute Gasteiger partial charge is 0.261 e. The van der Waals surface area contributed by atoms with Crippen LogP contribution in [0.4, 0.5) is 0 Å². The fourth-order valence-electron chi connectivity index (χ4n) is 2.35. The Morgan fingerprint density at radius 1 is 1.22 bits per heavy atom. The van der Waals surface area contributed by atoms with E-state index in [1.54, 1.807) is 0 Å². The third-order valence-electron chi connectivity index (χ3n) is 3.85. The molecule has 0 saturated carbocycles. The van der Waals surface area contributed by atoms with Gasteiger partial charge < -0.3 is 10.1 Å². The summed E-state index contributed by atoms with van der Waals surface area (Å²) in [5.41, 5.74) is 4.64. The molecule has 0 saturated heterocycles. The van der Waals surface area contributed by atoms with Gasteiger partial charge in [0.2, 0.25) is 0 Å². The number of unbranched alkanes of at least 4 members (excludes halogenated alkanes) is 1. The highest BCUT2D eigenvalue weighted by molar-refractivity contribution is 7.12. The van der Waals surface area contributed by atoms with E-state index in [0.717, 1.165) is 35.6 Å². The molecule has 0 radical (unpaired) electrons. The molecule has 1 aromatic carbocycles. The highest BCUT2D eigenvalue weighted by atomic mass is 32.1. The minimum absolute atomic E-state index is 0.0114. The van der Waals surface area contributed by atoms with Crippen molar-refractivity contribution >= 4 is 17.2 Å². The van der Waals surface area contributed by atoms with Crippen LogP contribution < -0.4 is 10.1 Å². The van der Waals surface area contributed by atoms with Gasteiger partial charge in [0.1, 0.15) is 12.4 Å². The molecule has 1 N–H and O–H groups in total. The van der Waals surface area contributed by atoms with E-state index >= 15 is 0 Å². The molecule has 124 valence electrons. The average molecular weight is 331 g/mol. The fraction of sp³-hybridized carbons (Fsp3) is 0.421. The number of benzene rings is 1. The molecular formula is C19H25NO2S. The maximum absolute atomic E-state index is 12.0. The van der Waals surface area contributed by atoms with Crippen LogP contribution in [0.1, 0.15) is 51.7 Å². The van der Waals surface area contributed by atoms with Gasteiger partial charge in [0.25, 0.3) is 5.91 Å². The van der Waals surface area contributed by atoms with Crippen LogP contribution in [0, 0.1) is 20.8 Å². The molecular weight excluding hydrogens is 306 g/mol. The van der Waals surface area contributed by atoms with E-state index in [-0.39, 0.29) is 5.91 Å². The maximum Gasteiger partial charge on any atom is 0.261 e. The number of carbonyl (C=O) groups is 1. The van der Waals surface area contributed by atoms with Crippen molar-refractivity contribution in [1.29, 1.82) is 0 Å². The van der Waals surface area contributed by atoms with Gasteiger partial charge in [0.05, 0.1) is 4.88 Å². The normalized spacial score (nSPS) is 10.6. The van der Waals surface area contributed by atoms with Crippen LogP contribution in [-0.2, 0) is 6.61 Å². The molecule has 4 heteroatoms. The molecule has 0 unspecified atom stereocenters. The summed E-state index contributed by atoms with van der Waals surface area (Å²) in [5.74, 6) is 0.930. The Morgan fingerprint density at radius 2 is 2.00 bits per heavy atom. The Morgan fingerprint density at radius 3 is 2.74 bits per heavy atom. The zero-order chi connectivity index (χ0) is 16.8. The lowest BCUT2D eigenvalue weighted by molar-refractivity contribution is 0.0957. The Hall–Kier alpha value is -1.81. The summed E-state index contributed by atoms with van der Waals surface area (Å²) in [7, 11) is 0. The molecule has 0 aliphatic carbocycles. The lowest BCUT2D eigenvalue weighted by Gasteiger charge is -2.11. The van der Waals surface area contributed by atoms with E-state index < -0.39 is 0 Å². The average Bonchev–Trinajstić information content (AvgIpc) is 2.98. The third kappa shape index (κ3) is 4.83. The molecule has 2 aromatic rings. The van der Waals surface area contributed by atoms with Gasteiger partial charge in [-0.1, -0.05) is 19.4 Å². The van der Waals surface area contributed by atoms with Crippen molar-refractivity contribution in [2.24, 2.45) is 0 Å². The van der Waals surface area contributed by atoms with Crippen molar-refractivity contribution in [3.05, 3.63) is 50.7 Å². The standard InChI is InChI=1S/C19H25NO2S/c1-5-6-7-20-19(21)18-10-16(12-23-18)11-22-17-9-13(2)8-14(3)15(17)4/h8-10,12H,5-7,11H2,1-4H3,(H,20,21).